The molecule has 1 saturated heterocycles. The van der Waals surface area contributed by atoms with Crippen LogP contribution in [0.2, 0.25) is 0 Å². The van der Waals surface area contributed by atoms with Crippen molar-refractivity contribution in [2.45, 2.75) is 58.4 Å². The van der Waals surface area contributed by atoms with Crippen LogP contribution < -0.4 is 5.32 Å². The van der Waals surface area contributed by atoms with E-state index in [-0.39, 0.29) is 5.91 Å². The lowest BCUT2D eigenvalue weighted by Gasteiger charge is -2.35. The molecule has 1 fully saturated rings. The van der Waals surface area contributed by atoms with Crippen molar-refractivity contribution in [1.29, 1.82) is 0 Å². The van der Waals surface area contributed by atoms with Gasteiger partial charge in [0.2, 0.25) is 5.91 Å². The summed E-state index contributed by atoms with van der Waals surface area (Å²) in [5.74, 6) is 0.172. The lowest BCUT2D eigenvalue weighted by Crippen LogP contribution is -2.40. The minimum atomic E-state index is 0.172. The van der Waals surface area contributed by atoms with Gasteiger partial charge in [0.05, 0.1) is 0 Å². The Balaban J connectivity index is 2.13. The van der Waals surface area contributed by atoms with Gasteiger partial charge >= 0.3 is 0 Å². The summed E-state index contributed by atoms with van der Waals surface area (Å²) >= 11 is 0. The third-order valence-corrected chi connectivity index (χ3v) is 3.49. The van der Waals surface area contributed by atoms with Crippen LogP contribution in [0, 0.1) is 0 Å². The fourth-order valence-electron chi connectivity index (χ4n) is 2.45. The van der Waals surface area contributed by atoms with Gasteiger partial charge in [0, 0.05) is 25.6 Å². The predicted molar refractivity (Wildman–Crippen MR) is 67.4 cm³/mol. The molecule has 0 saturated carbocycles. The standard InChI is InChI=1S/C13H26N2O/c1-3-12-8-5-6-10-15(12)11-7-9-14-13(16)4-2/h12H,3-11H2,1-2H3,(H,14,16). The van der Waals surface area contributed by atoms with Crippen LogP contribution in [-0.2, 0) is 4.79 Å². The molecule has 0 aromatic carbocycles. The number of amides is 1. The summed E-state index contributed by atoms with van der Waals surface area (Å²) in [4.78, 5) is 13.7. The first-order valence-electron chi connectivity index (χ1n) is 6.78. The molecule has 1 rings (SSSR count). The second-order valence-corrected chi connectivity index (χ2v) is 4.65. The van der Waals surface area contributed by atoms with E-state index in [1.807, 2.05) is 6.92 Å². The first-order valence-corrected chi connectivity index (χ1v) is 6.78. The molecule has 0 aromatic rings. The van der Waals surface area contributed by atoms with Gasteiger partial charge in [0.25, 0.3) is 0 Å². The molecule has 1 aliphatic heterocycles. The van der Waals surface area contributed by atoms with Crippen LogP contribution in [0.25, 0.3) is 0 Å². The molecule has 1 atom stereocenters. The Labute approximate surface area is 99.6 Å². The largest absolute Gasteiger partial charge is 0.356 e. The molecule has 1 heterocycles. The monoisotopic (exact) mass is 226 g/mol. The molecule has 1 unspecified atom stereocenters. The van der Waals surface area contributed by atoms with Crippen LogP contribution in [0.15, 0.2) is 0 Å². The third-order valence-electron chi connectivity index (χ3n) is 3.49. The Morgan fingerprint density at radius 2 is 2.19 bits per heavy atom. The van der Waals surface area contributed by atoms with Gasteiger partial charge in [0.1, 0.15) is 0 Å². The van der Waals surface area contributed by atoms with E-state index in [4.69, 9.17) is 0 Å². The number of nitrogens with one attached hydrogen (secondary N) is 1. The Kier molecular flexibility index (Phi) is 6.46. The van der Waals surface area contributed by atoms with Gasteiger partial charge in [-0.05, 0) is 32.2 Å². The van der Waals surface area contributed by atoms with Gasteiger partial charge in [-0.25, -0.2) is 0 Å². The number of likely N-dealkylation sites (tertiary alicyclic amines) is 1. The van der Waals surface area contributed by atoms with Gasteiger partial charge in [-0.2, -0.15) is 0 Å². The molecule has 0 aliphatic carbocycles. The van der Waals surface area contributed by atoms with Gasteiger partial charge in [0.15, 0.2) is 0 Å². The van der Waals surface area contributed by atoms with E-state index in [0.717, 1.165) is 25.6 Å². The Bertz CT molecular complexity index is 206. The first-order chi connectivity index (χ1) is 7.77. The Morgan fingerprint density at radius 3 is 2.88 bits per heavy atom. The van der Waals surface area contributed by atoms with Crippen LogP contribution in [0.3, 0.4) is 0 Å². The fourth-order valence-corrected chi connectivity index (χ4v) is 2.45. The molecular formula is C13H26N2O. The number of nitrogens with zero attached hydrogens (tertiary/aromatic N) is 1. The number of carbonyl (C=O) groups excluding carboxylic acids is 1. The van der Waals surface area contributed by atoms with Crippen LogP contribution in [0.5, 0.6) is 0 Å². The average molecular weight is 226 g/mol. The van der Waals surface area contributed by atoms with Crippen LogP contribution >= 0.6 is 0 Å². The molecule has 16 heavy (non-hydrogen) atoms. The molecule has 0 aromatic heterocycles. The molecule has 3 nitrogen and oxygen atoms in total. The molecule has 1 amide bonds. The number of carbonyl (C=O) groups is 1. The van der Waals surface area contributed by atoms with E-state index < -0.39 is 0 Å². The molecule has 94 valence electrons. The van der Waals surface area contributed by atoms with Crippen molar-refractivity contribution in [3.05, 3.63) is 0 Å². The Morgan fingerprint density at radius 1 is 1.38 bits per heavy atom. The van der Waals surface area contributed by atoms with E-state index in [9.17, 15) is 4.79 Å². The lowest BCUT2D eigenvalue weighted by molar-refractivity contribution is -0.120. The highest BCUT2D eigenvalue weighted by Gasteiger charge is 2.19. The molecular weight excluding hydrogens is 200 g/mol. The molecule has 1 N–H and O–H groups in total. The van der Waals surface area contributed by atoms with E-state index >= 15 is 0 Å². The van der Waals surface area contributed by atoms with Crippen molar-refractivity contribution in [2.24, 2.45) is 0 Å². The molecule has 1 aliphatic rings. The van der Waals surface area contributed by atoms with Gasteiger partial charge < -0.3 is 10.2 Å². The van der Waals surface area contributed by atoms with Crippen molar-refractivity contribution in [2.75, 3.05) is 19.6 Å². The summed E-state index contributed by atoms with van der Waals surface area (Å²) in [6.07, 6.45) is 7.04. The summed E-state index contributed by atoms with van der Waals surface area (Å²) in [7, 11) is 0. The van der Waals surface area contributed by atoms with Crippen molar-refractivity contribution in [1.82, 2.24) is 10.2 Å². The highest BCUT2D eigenvalue weighted by atomic mass is 16.1. The first kappa shape index (κ1) is 13.5. The molecule has 3 heteroatoms. The smallest absolute Gasteiger partial charge is 0.219 e. The van der Waals surface area contributed by atoms with Crippen LogP contribution in [0.4, 0.5) is 0 Å². The van der Waals surface area contributed by atoms with Crippen molar-refractivity contribution in [3.8, 4) is 0 Å². The maximum Gasteiger partial charge on any atom is 0.219 e. The Hall–Kier alpha value is -0.570. The van der Waals surface area contributed by atoms with E-state index in [1.165, 1.54) is 32.2 Å². The van der Waals surface area contributed by atoms with Crippen molar-refractivity contribution in [3.63, 3.8) is 0 Å². The molecule has 0 radical (unpaired) electrons. The fraction of sp³-hybridized carbons (Fsp3) is 0.923. The normalized spacial score (nSPS) is 22.0. The quantitative estimate of drug-likeness (QED) is 0.704. The second-order valence-electron chi connectivity index (χ2n) is 4.65. The minimum Gasteiger partial charge on any atom is -0.356 e. The number of hydrogen-bond donors (Lipinski definition) is 1. The maximum atomic E-state index is 11.1. The predicted octanol–water partition coefficient (Wildman–Crippen LogP) is 2.17. The van der Waals surface area contributed by atoms with Crippen molar-refractivity contribution >= 4 is 5.91 Å². The molecule has 0 spiro atoms. The number of rotatable bonds is 6. The zero-order chi connectivity index (χ0) is 11.8. The lowest BCUT2D eigenvalue weighted by atomic mass is 10.00. The summed E-state index contributed by atoms with van der Waals surface area (Å²) in [6.45, 7) is 7.40. The number of piperidine rings is 1. The summed E-state index contributed by atoms with van der Waals surface area (Å²) in [5.41, 5.74) is 0. The van der Waals surface area contributed by atoms with E-state index in [0.29, 0.717) is 6.42 Å². The highest BCUT2D eigenvalue weighted by Crippen LogP contribution is 2.19. The van der Waals surface area contributed by atoms with Gasteiger partial charge in [-0.3, -0.25) is 4.79 Å². The van der Waals surface area contributed by atoms with Crippen molar-refractivity contribution < 1.29 is 4.79 Å². The van der Waals surface area contributed by atoms with E-state index in [2.05, 4.69) is 17.1 Å². The maximum absolute atomic E-state index is 11.1. The third kappa shape index (κ3) is 4.52. The summed E-state index contributed by atoms with van der Waals surface area (Å²) in [6, 6.07) is 0.788. The SMILES string of the molecule is CCC(=O)NCCCN1CCCCC1CC. The average Bonchev–Trinajstić information content (AvgIpc) is 2.34. The number of hydrogen-bond acceptors (Lipinski definition) is 2. The summed E-state index contributed by atoms with van der Waals surface area (Å²) in [5, 5.41) is 2.94. The highest BCUT2D eigenvalue weighted by molar-refractivity contribution is 5.75. The topological polar surface area (TPSA) is 32.3 Å². The van der Waals surface area contributed by atoms with Gasteiger partial charge in [-0.1, -0.05) is 20.3 Å². The zero-order valence-electron chi connectivity index (χ0n) is 10.8. The second kappa shape index (κ2) is 7.66. The summed E-state index contributed by atoms with van der Waals surface area (Å²) < 4.78 is 0. The van der Waals surface area contributed by atoms with Crippen LogP contribution in [0.1, 0.15) is 52.4 Å². The van der Waals surface area contributed by atoms with E-state index in [1.54, 1.807) is 0 Å². The van der Waals surface area contributed by atoms with Crippen LogP contribution in [-0.4, -0.2) is 36.5 Å². The minimum absolute atomic E-state index is 0.172. The molecule has 0 bridgehead atoms. The van der Waals surface area contributed by atoms with Gasteiger partial charge in [-0.15, -0.1) is 0 Å². The zero-order valence-corrected chi connectivity index (χ0v) is 10.8.